The van der Waals surface area contributed by atoms with Crippen molar-refractivity contribution in [3.63, 3.8) is 0 Å². The van der Waals surface area contributed by atoms with Crippen LogP contribution in [0.5, 0.6) is 0 Å². The summed E-state index contributed by atoms with van der Waals surface area (Å²) >= 11 is 3.54. The number of aromatic carboxylic acids is 1. The lowest BCUT2D eigenvalue weighted by Crippen LogP contribution is -1.94. The highest BCUT2D eigenvalue weighted by Gasteiger charge is 2.10. The van der Waals surface area contributed by atoms with Gasteiger partial charge in [0.2, 0.25) is 0 Å². The molecule has 3 aromatic carbocycles. The van der Waals surface area contributed by atoms with E-state index in [0.29, 0.717) is 0 Å². The Labute approximate surface area is 156 Å². The summed E-state index contributed by atoms with van der Waals surface area (Å²) in [5, 5.41) is 12.4. The molecule has 0 aliphatic heterocycles. The van der Waals surface area contributed by atoms with Crippen LogP contribution in [-0.2, 0) is 0 Å². The summed E-state index contributed by atoms with van der Waals surface area (Å²) in [6, 6.07) is 20.2. The molecule has 3 N–H and O–H groups in total. The zero-order chi connectivity index (χ0) is 17.8. The first kappa shape index (κ1) is 15.2. The Bertz CT molecular complexity index is 1330. The fourth-order valence-electron chi connectivity index (χ4n) is 3.48. The number of fused-ring (bicyclic) bond motifs is 4. The van der Waals surface area contributed by atoms with Gasteiger partial charge in [-0.25, -0.2) is 4.79 Å². The highest BCUT2D eigenvalue weighted by molar-refractivity contribution is 9.10. The molecule has 0 unspecified atom stereocenters. The Balaban J connectivity index is 1.70. The fourth-order valence-corrected chi connectivity index (χ4v) is 3.84. The predicted molar refractivity (Wildman–Crippen MR) is 108 cm³/mol. The molecule has 0 saturated heterocycles. The maximum absolute atomic E-state index is 11.2. The van der Waals surface area contributed by atoms with Gasteiger partial charge in [0.25, 0.3) is 0 Å². The Morgan fingerprint density at radius 2 is 1.42 bits per heavy atom. The predicted octanol–water partition coefficient (Wildman–Crippen LogP) is 5.93. The number of halogens is 1. The van der Waals surface area contributed by atoms with Crippen LogP contribution in [0.1, 0.15) is 10.5 Å². The molecule has 26 heavy (non-hydrogen) atoms. The third-order valence-electron chi connectivity index (χ3n) is 4.75. The van der Waals surface area contributed by atoms with E-state index < -0.39 is 5.97 Å². The number of carboxylic acid groups (broad SMARTS) is 1. The molecule has 5 aromatic rings. The first-order chi connectivity index (χ1) is 12.6. The molecule has 0 spiro atoms. The number of benzene rings is 3. The average Bonchev–Trinajstić information content (AvgIpc) is 3.21. The number of nitrogens with one attached hydrogen (secondary N) is 2. The summed E-state index contributed by atoms with van der Waals surface area (Å²) in [5.74, 6) is -0.950. The Hall–Kier alpha value is -3.05. The second-order valence-corrected chi connectivity index (χ2v) is 7.28. The number of aromatic nitrogens is 2. The van der Waals surface area contributed by atoms with Crippen molar-refractivity contribution in [2.24, 2.45) is 0 Å². The monoisotopic (exact) mass is 404 g/mol. The summed E-state index contributed by atoms with van der Waals surface area (Å²) in [7, 11) is 0. The SMILES string of the molecule is O=C(O)c1cc2cc(-c3ccc4[nH]c5ccc(Br)cc5c4c3)ccc2[nH]1. The summed E-state index contributed by atoms with van der Waals surface area (Å²) in [6.45, 7) is 0. The van der Waals surface area contributed by atoms with Gasteiger partial charge in [0.05, 0.1) is 0 Å². The van der Waals surface area contributed by atoms with E-state index in [2.05, 4.69) is 56.2 Å². The molecule has 0 aliphatic carbocycles. The van der Waals surface area contributed by atoms with Gasteiger partial charge in [-0.15, -0.1) is 0 Å². The zero-order valence-corrected chi connectivity index (χ0v) is 15.1. The van der Waals surface area contributed by atoms with Gasteiger partial charge in [0, 0.05) is 37.2 Å². The van der Waals surface area contributed by atoms with Crippen LogP contribution < -0.4 is 0 Å². The van der Waals surface area contributed by atoms with Crippen LogP contribution in [0.4, 0.5) is 0 Å². The van der Waals surface area contributed by atoms with Crippen molar-refractivity contribution in [3.05, 3.63) is 70.8 Å². The molecule has 0 fully saturated rings. The van der Waals surface area contributed by atoms with Crippen LogP contribution in [0.3, 0.4) is 0 Å². The quantitative estimate of drug-likeness (QED) is 0.341. The topological polar surface area (TPSA) is 68.9 Å². The molecule has 0 radical (unpaired) electrons. The van der Waals surface area contributed by atoms with E-state index in [1.54, 1.807) is 6.07 Å². The molecule has 2 heterocycles. The van der Waals surface area contributed by atoms with Crippen LogP contribution in [0.15, 0.2) is 65.1 Å². The molecule has 0 aliphatic rings. The molecular formula is C21H13BrN2O2. The van der Waals surface area contributed by atoms with Crippen LogP contribution in [-0.4, -0.2) is 21.0 Å². The summed E-state index contributed by atoms with van der Waals surface area (Å²) < 4.78 is 1.05. The van der Waals surface area contributed by atoms with Gasteiger partial charge in [0.15, 0.2) is 0 Å². The third-order valence-corrected chi connectivity index (χ3v) is 5.24. The summed E-state index contributed by atoms with van der Waals surface area (Å²) in [5.41, 5.74) is 5.38. The largest absolute Gasteiger partial charge is 0.477 e. The Morgan fingerprint density at radius 3 is 2.19 bits per heavy atom. The maximum atomic E-state index is 11.2. The van der Waals surface area contributed by atoms with Gasteiger partial charge in [-0.2, -0.15) is 0 Å². The minimum Gasteiger partial charge on any atom is -0.477 e. The average molecular weight is 405 g/mol. The van der Waals surface area contributed by atoms with Gasteiger partial charge in [-0.05, 0) is 59.7 Å². The van der Waals surface area contributed by atoms with E-state index in [1.165, 1.54) is 10.8 Å². The maximum Gasteiger partial charge on any atom is 0.352 e. The fraction of sp³-hybridized carbons (Fsp3) is 0. The van der Waals surface area contributed by atoms with Crippen LogP contribution in [0.2, 0.25) is 0 Å². The standard InChI is InChI=1S/C21H13BrN2O2/c22-14-3-6-19-16(10-14)15-8-12(2-5-18(15)24-19)11-1-4-17-13(7-11)9-20(23-17)21(25)26/h1-10,23-24H,(H,25,26). The van der Waals surface area contributed by atoms with Gasteiger partial charge in [-0.3, -0.25) is 0 Å². The second-order valence-electron chi connectivity index (χ2n) is 6.37. The minimum atomic E-state index is -0.950. The van der Waals surface area contributed by atoms with E-state index in [4.69, 9.17) is 5.11 Å². The van der Waals surface area contributed by atoms with E-state index >= 15 is 0 Å². The van der Waals surface area contributed by atoms with Crippen molar-refractivity contribution >= 4 is 54.6 Å². The van der Waals surface area contributed by atoms with Crippen LogP contribution in [0.25, 0.3) is 43.8 Å². The van der Waals surface area contributed by atoms with Gasteiger partial charge >= 0.3 is 5.97 Å². The van der Waals surface area contributed by atoms with Gasteiger partial charge in [-0.1, -0.05) is 28.1 Å². The number of H-pyrrole nitrogens is 2. The number of aromatic amines is 2. The molecule has 0 bridgehead atoms. The first-order valence-electron chi connectivity index (χ1n) is 8.16. The molecular weight excluding hydrogens is 392 g/mol. The first-order valence-corrected chi connectivity index (χ1v) is 8.95. The number of hydrogen-bond acceptors (Lipinski definition) is 1. The number of rotatable bonds is 2. The molecule has 0 amide bonds. The lowest BCUT2D eigenvalue weighted by molar-refractivity contribution is 0.0691. The highest BCUT2D eigenvalue weighted by atomic mass is 79.9. The lowest BCUT2D eigenvalue weighted by atomic mass is 10.0. The van der Waals surface area contributed by atoms with Crippen molar-refractivity contribution in [3.8, 4) is 11.1 Å². The number of carbonyl (C=O) groups is 1. The van der Waals surface area contributed by atoms with Crippen LogP contribution >= 0.6 is 15.9 Å². The van der Waals surface area contributed by atoms with Gasteiger partial charge in [0.1, 0.15) is 5.69 Å². The van der Waals surface area contributed by atoms with Crippen molar-refractivity contribution in [1.29, 1.82) is 0 Å². The Morgan fingerprint density at radius 1 is 0.769 bits per heavy atom. The third kappa shape index (κ3) is 2.32. The minimum absolute atomic E-state index is 0.203. The lowest BCUT2D eigenvalue weighted by Gasteiger charge is -2.03. The van der Waals surface area contributed by atoms with Crippen molar-refractivity contribution in [2.45, 2.75) is 0 Å². The molecule has 5 rings (SSSR count). The van der Waals surface area contributed by atoms with E-state index in [0.717, 1.165) is 37.5 Å². The van der Waals surface area contributed by atoms with Crippen molar-refractivity contribution < 1.29 is 9.90 Å². The van der Waals surface area contributed by atoms with Crippen molar-refractivity contribution in [1.82, 2.24) is 9.97 Å². The second kappa shape index (κ2) is 5.47. The summed E-state index contributed by atoms with van der Waals surface area (Å²) in [4.78, 5) is 17.5. The molecule has 2 aromatic heterocycles. The van der Waals surface area contributed by atoms with E-state index in [-0.39, 0.29) is 5.69 Å². The molecule has 126 valence electrons. The number of hydrogen-bond donors (Lipinski definition) is 3. The molecule has 0 atom stereocenters. The highest BCUT2D eigenvalue weighted by Crippen LogP contribution is 2.32. The summed E-state index contributed by atoms with van der Waals surface area (Å²) in [6.07, 6.45) is 0. The molecule has 5 heteroatoms. The van der Waals surface area contributed by atoms with Gasteiger partial charge < -0.3 is 15.1 Å². The van der Waals surface area contributed by atoms with Crippen molar-refractivity contribution in [2.75, 3.05) is 0 Å². The number of carboxylic acids is 1. The van der Waals surface area contributed by atoms with Crippen LogP contribution in [0, 0.1) is 0 Å². The molecule has 0 saturated carbocycles. The van der Waals surface area contributed by atoms with E-state index in [1.807, 2.05) is 24.3 Å². The Kier molecular flexibility index (Phi) is 3.21. The zero-order valence-electron chi connectivity index (χ0n) is 13.5. The van der Waals surface area contributed by atoms with E-state index in [9.17, 15) is 4.79 Å². The smallest absolute Gasteiger partial charge is 0.352 e. The normalized spacial score (nSPS) is 11.6. The molecule has 4 nitrogen and oxygen atoms in total.